The van der Waals surface area contributed by atoms with E-state index in [0.29, 0.717) is 34.2 Å². The lowest BCUT2D eigenvalue weighted by molar-refractivity contribution is -0.124. The molecule has 4 atom stereocenters. The summed E-state index contributed by atoms with van der Waals surface area (Å²) in [6, 6.07) is 12.7. The van der Waals surface area contributed by atoms with E-state index in [0.717, 1.165) is 19.3 Å². The number of halogens is 1. The smallest absolute Gasteiger partial charge is 0.248 e. The molecule has 2 aromatic carbocycles. The van der Waals surface area contributed by atoms with E-state index in [1.165, 1.54) is 6.07 Å². The molecule has 1 saturated carbocycles. The second-order valence-electron chi connectivity index (χ2n) is 8.06. The number of primary amides is 1. The molecule has 30 heavy (non-hydrogen) atoms. The number of carbonyl (C=O) groups is 2. The first kappa shape index (κ1) is 20.0. The van der Waals surface area contributed by atoms with Crippen LogP contribution >= 0.6 is 0 Å². The molecular weight excluding hydrogens is 383 g/mol. The molecule has 2 aliphatic rings. The zero-order chi connectivity index (χ0) is 21.3. The van der Waals surface area contributed by atoms with Crippen molar-refractivity contribution in [3.63, 3.8) is 0 Å². The van der Waals surface area contributed by atoms with E-state index in [4.69, 9.17) is 5.73 Å². The maximum Gasteiger partial charge on any atom is 0.248 e. The molecule has 0 spiro atoms. The summed E-state index contributed by atoms with van der Waals surface area (Å²) < 4.78 is 14.7. The van der Waals surface area contributed by atoms with Crippen LogP contribution in [-0.4, -0.2) is 29.9 Å². The first-order chi connectivity index (χ1) is 14.4. The fraction of sp³-hybridized carbons (Fsp3) is 0.348. The Bertz CT molecular complexity index is 1030. The number of benzene rings is 2. The number of nitrogens with two attached hydrogens (primary N) is 1. The van der Waals surface area contributed by atoms with Gasteiger partial charge in [0.2, 0.25) is 11.8 Å². The molecule has 0 radical (unpaired) electrons. The van der Waals surface area contributed by atoms with Gasteiger partial charge in [-0.25, -0.2) is 4.39 Å². The van der Waals surface area contributed by atoms with Gasteiger partial charge in [-0.3, -0.25) is 9.59 Å². The third kappa shape index (κ3) is 4.05. The van der Waals surface area contributed by atoms with Gasteiger partial charge in [0.15, 0.2) is 0 Å². The number of nitrogens with one attached hydrogen (secondary N) is 2. The zero-order valence-corrected chi connectivity index (χ0v) is 16.4. The van der Waals surface area contributed by atoms with Crippen LogP contribution in [0.25, 0.3) is 11.1 Å². The lowest BCUT2D eigenvalue weighted by Gasteiger charge is -2.23. The average Bonchev–Trinajstić information content (AvgIpc) is 3.38. The summed E-state index contributed by atoms with van der Waals surface area (Å²) in [4.78, 5) is 23.9. The molecule has 2 fully saturated rings. The monoisotopic (exact) mass is 406 g/mol. The van der Waals surface area contributed by atoms with Crippen LogP contribution in [0, 0.1) is 23.1 Å². The van der Waals surface area contributed by atoms with E-state index in [1.54, 1.807) is 36.4 Å². The van der Waals surface area contributed by atoms with Crippen LogP contribution in [0.3, 0.4) is 0 Å². The maximum absolute atomic E-state index is 14.7. The molecule has 0 aromatic heterocycles. The van der Waals surface area contributed by atoms with E-state index in [-0.39, 0.29) is 18.4 Å². The third-order valence-corrected chi connectivity index (χ3v) is 6.07. The molecule has 1 saturated heterocycles. The minimum absolute atomic E-state index is 0.0799. The molecule has 154 valence electrons. The summed E-state index contributed by atoms with van der Waals surface area (Å²) >= 11 is 0. The molecule has 2 aromatic rings. The SMILES string of the molecule is N#C[C@H](Cc1ccc(-c2cccc(C(N)=O)c2)cc1F)NC(=O)C1NC2CCC1C2. The van der Waals surface area contributed by atoms with Gasteiger partial charge in [-0.05, 0) is 60.1 Å². The van der Waals surface area contributed by atoms with Gasteiger partial charge in [0, 0.05) is 18.0 Å². The molecule has 1 aliphatic carbocycles. The molecule has 2 amide bonds. The minimum atomic E-state index is -0.808. The van der Waals surface area contributed by atoms with Gasteiger partial charge in [-0.1, -0.05) is 24.3 Å². The maximum atomic E-state index is 14.7. The quantitative estimate of drug-likeness (QED) is 0.684. The minimum Gasteiger partial charge on any atom is -0.366 e. The Kier molecular flexibility index (Phi) is 5.51. The van der Waals surface area contributed by atoms with Crippen molar-refractivity contribution >= 4 is 11.8 Å². The van der Waals surface area contributed by atoms with Gasteiger partial charge in [-0.15, -0.1) is 0 Å². The largest absolute Gasteiger partial charge is 0.366 e. The normalized spacial score (nSPS) is 23.0. The van der Waals surface area contributed by atoms with Gasteiger partial charge in [-0.2, -0.15) is 5.26 Å². The number of carbonyl (C=O) groups excluding carboxylic acids is 2. The third-order valence-electron chi connectivity index (χ3n) is 6.07. The lowest BCUT2D eigenvalue weighted by Crippen LogP contribution is -2.50. The van der Waals surface area contributed by atoms with Gasteiger partial charge < -0.3 is 16.4 Å². The van der Waals surface area contributed by atoms with Gasteiger partial charge in [0.25, 0.3) is 0 Å². The average molecular weight is 406 g/mol. The number of amides is 2. The van der Waals surface area contributed by atoms with Crippen molar-refractivity contribution in [3.8, 4) is 17.2 Å². The summed E-state index contributed by atoms with van der Waals surface area (Å²) in [5, 5.41) is 15.5. The topological polar surface area (TPSA) is 108 Å². The van der Waals surface area contributed by atoms with Gasteiger partial charge >= 0.3 is 0 Å². The summed E-state index contributed by atoms with van der Waals surface area (Å²) in [5.41, 5.74) is 7.27. The lowest BCUT2D eigenvalue weighted by atomic mass is 9.97. The van der Waals surface area contributed by atoms with Crippen LogP contribution in [0.5, 0.6) is 0 Å². The van der Waals surface area contributed by atoms with Crippen LogP contribution in [0.2, 0.25) is 0 Å². The highest BCUT2D eigenvalue weighted by atomic mass is 19.1. The number of nitriles is 1. The number of piperidine rings is 1. The summed E-state index contributed by atoms with van der Waals surface area (Å²) in [7, 11) is 0. The highest BCUT2D eigenvalue weighted by Gasteiger charge is 2.43. The predicted molar refractivity (Wildman–Crippen MR) is 110 cm³/mol. The summed E-state index contributed by atoms with van der Waals surface area (Å²) in [5.74, 6) is -0.883. The first-order valence-electron chi connectivity index (χ1n) is 10.1. The highest BCUT2D eigenvalue weighted by Crippen LogP contribution is 2.35. The highest BCUT2D eigenvalue weighted by molar-refractivity contribution is 5.94. The summed E-state index contributed by atoms with van der Waals surface area (Å²) in [6.07, 6.45) is 3.20. The van der Waals surface area contributed by atoms with Crippen molar-refractivity contribution in [3.05, 3.63) is 59.4 Å². The fourth-order valence-corrected chi connectivity index (χ4v) is 4.51. The fourth-order valence-electron chi connectivity index (χ4n) is 4.51. The Labute approximate surface area is 174 Å². The van der Waals surface area contributed by atoms with Crippen LogP contribution < -0.4 is 16.4 Å². The van der Waals surface area contributed by atoms with Crippen molar-refractivity contribution in [2.75, 3.05) is 0 Å². The molecule has 1 heterocycles. The Balaban J connectivity index is 1.45. The van der Waals surface area contributed by atoms with Crippen molar-refractivity contribution in [1.82, 2.24) is 10.6 Å². The predicted octanol–water partition coefficient (Wildman–Crippen LogP) is 2.28. The van der Waals surface area contributed by atoms with Crippen molar-refractivity contribution < 1.29 is 14.0 Å². The van der Waals surface area contributed by atoms with Crippen molar-refractivity contribution in [1.29, 1.82) is 5.26 Å². The van der Waals surface area contributed by atoms with Crippen molar-refractivity contribution in [2.24, 2.45) is 11.7 Å². The second kappa shape index (κ2) is 8.25. The molecule has 3 unspecified atom stereocenters. The molecule has 1 aliphatic heterocycles. The second-order valence-corrected chi connectivity index (χ2v) is 8.06. The van der Waals surface area contributed by atoms with Crippen LogP contribution in [0.1, 0.15) is 35.2 Å². The Morgan fingerprint density at radius 3 is 2.67 bits per heavy atom. The van der Waals surface area contributed by atoms with E-state index in [1.807, 2.05) is 0 Å². The molecule has 7 heteroatoms. The zero-order valence-electron chi connectivity index (χ0n) is 16.4. The Hall–Kier alpha value is -3.24. The van der Waals surface area contributed by atoms with E-state index >= 15 is 0 Å². The molecule has 6 nitrogen and oxygen atoms in total. The van der Waals surface area contributed by atoms with E-state index in [9.17, 15) is 19.2 Å². The Morgan fingerprint density at radius 1 is 1.23 bits per heavy atom. The molecule has 2 bridgehead atoms. The molecular formula is C23H23FN4O2. The standard InChI is InChI=1S/C23H23FN4O2/c24-20-11-14(13-2-1-3-17(8-13)22(26)29)4-5-15(20)9-19(12-25)28-23(30)21-16-6-7-18(10-16)27-21/h1-5,8,11,16,18-19,21,27H,6-7,9-10H2,(H2,26,29)(H,28,30)/t16?,18?,19-,21?/m0/s1. The number of nitrogens with zero attached hydrogens (tertiary/aromatic N) is 1. The van der Waals surface area contributed by atoms with Crippen LogP contribution in [0.4, 0.5) is 4.39 Å². The van der Waals surface area contributed by atoms with Gasteiger partial charge in [0.05, 0.1) is 12.1 Å². The first-order valence-corrected chi connectivity index (χ1v) is 10.1. The van der Waals surface area contributed by atoms with Crippen molar-refractivity contribution in [2.45, 2.75) is 43.8 Å². The number of fused-ring (bicyclic) bond motifs is 2. The molecule has 4 rings (SSSR count). The Morgan fingerprint density at radius 2 is 2.03 bits per heavy atom. The number of hydrogen-bond donors (Lipinski definition) is 3. The van der Waals surface area contributed by atoms with Crippen LogP contribution in [0.15, 0.2) is 42.5 Å². The van der Waals surface area contributed by atoms with E-state index in [2.05, 4.69) is 16.7 Å². The van der Waals surface area contributed by atoms with Crippen LogP contribution in [-0.2, 0) is 11.2 Å². The van der Waals surface area contributed by atoms with Gasteiger partial charge in [0.1, 0.15) is 11.9 Å². The number of hydrogen-bond acceptors (Lipinski definition) is 4. The molecule has 4 N–H and O–H groups in total. The summed E-state index contributed by atoms with van der Waals surface area (Å²) in [6.45, 7) is 0. The number of rotatable bonds is 6. The van der Waals surface area contributed by atoms with E-state index < -0.39 is 17.8 Å².